The highest BCUT2D eigenvalue weighted by molar-refractivity contribution is 8.93. The predicted molar refractivity (Wildman–Crippen MR) is 162 cm³/mol. The van der Waals surface area contributed by atoms with E-state index in [0.717, 1.165) is 0 Å². The van der Waals surface area contributed by atoms with Gasteiger partial charge in [0, 0.05) is 76.3 Å². The second-order valence-electron chi connectivity index (χ2n) is 13.7. The van der Waals surface area contributed by atoms with Gasteiger partial charge < -0.3 is 34.5 Å². The number of aliphatic hydroxyl groups is 2. The molecule has 0 aromatic heterocycles. The molecule has 43 heavy (non-hydrogen) atoms. The summed E-state index contributed by atoms with van der Waals surface area (Å²) in [6, 6.07) is 6.89. The molecular formula is C32H45BrN2O8. The molecule has 1 aliphatic heterocycles. The lowest BCUT2D eigenvalue weighted by Gasteiger charge is -2.70. The van der Waals surface area contributed by atoms with Gasteiger partial charge in [-0.3, -0.25) is 9.69 Å². The molecule has 0 radical (unpaired) electrons. The molecule has 238 valence electrons. The molecule has 5 saturated carbocycles. The van der Waals surface area contributed by atoms with Gasteiger partial charge in [-0.25, -0.2) is 4.79 Å². The van der Waals surface area contributed by atoms with Crippen LogP contribution in [0.15, 0.2) is 24.3 Å². The summed E-state index contributed by atoms with van der Waals surface area (Å²) in [6.45, 7) is 4.79. The number of benzene rings is 1. The third kappa shape index (κ3) is 3.67. The molecule has 11 heteroatoms. The van der Waals surface area contributed by atoms with E-state index in [-0.39, 0.29) is 64.8 Å². The average Bonchev–Trinajstić information content (AvgIpc) is 3.39. The maximum atomic E-state index is 14.0. The Morgan fingerprint density at radius 2 is 1.81 bits per heavy atom. The average molecular weight is 666 g/mol. The second kappa shape index (κ2) is 10.5. The molecule has 1 saturated heterocycles. The molecule has 7 bridgehead atoms. The van der Waals surface area contributed by atoms with Crippen molar-refractivity contribution < 1.29 is 38.7 Å². The molecule has 2 unspecified atom stereocenters. The van der Waals surface area contributed by atoms with Gasteiger partial charge in [0.2, 0.25) is 5.91 Å². The van der Waals surface area contributed by atoms with E-state index in [1.165, 1.54) is 6.92 Å². The second-order valence-corrected chi connectivity index (χ2v) is 13.7. The molecule has 6 aliphatic rings. The van der Waals surface area contributed by atoms with Gasteiger partial charge in [0.1, 0.15) is 16.8 Å². The lowest BCUT2D eigenvalue weighted by atomic mass is 9.44. The summed E-state index contributed by atoms with van der Waals surface area (Å²) >= 11 is 0. The third-order valence-electron chi connectivity index (χ3n) is 12.6. The van der Waals surface area contributed by atoms with Gasteiger partial charge >= 0.3 is 5.97 Å². The largest absolute Gasteiger partial charge is 0.454 e. The number of rotatable bonds is 7. The third-order valence-corrected chi connectivity index (χ3v) is 12.6. The highest BCUT2D eigenvalue weighted by Crippen LogP contribution is 2.79. The van der Waals surface area contributed by atoms with Crippen molar-refractivity contribution in [3.63, 3.8) is 0 Å². The van der Waals surface area contributed by atoms with E-state index in [1.54, 1.807) is 45.6 Å². The molecule has 7 rings (SSSR count). The standard InChI is InChI=1S/C32H44N2O8.BrH/c1-6-34-16-29(42-28(36)18-9-7-8-10-21(18)33-17(2)35)12-11-25(40-4)31-23(29)14-20(26(31)34)30(37)15-22(39-3)19-13-24(31)32(30,38)27(19)41-5;/h7-10,19-20,22-27,37-38H,6,11-16H2,1-5H3,(H,33,35);1H/t19?,20-,22-,23+,24-,25-,26?,27-,29+,30-,31-,32-;/m0./s1. The molecule has 3 N–H and O–H groups in total. The van der Waals surface area contributed by atoms with Crippen LogP contribution in [0.3, 0.4) is 0 Å². The van der Waals surface area contributed by atoms with Crippen LogP contribution in [0, 0.1) is 29.1 Å². The predicted octanol–water partition coefficient (Wildman–Crippen LogP) is 2.80. The number of esters is 1. The highest BCUT2D eigenvalue weighted by Gasteiger charge is 2.89. The number of carbonyl (C=O) groups is 2. The number of para-hydroxylation sites is 1. The van der Waals surface area contributed by atoms with Gasteiger partial charge in [0.15, 0.2) is 0 Å². The quantitative estimate of drug-likeness (QED) is 0.377. The fraction of sp³-hybridized carbons (Fsp3) is 0.750. The molecule has 10 nitrogen and oxygen atoms in total. The van der Waals surface area contributed by atoms with Crippen molar-refractivity contribution in [3.8, 4) is 0 Å². The van der Waals surface area contributed by atoms with E-state index in [2.05, 4.69) is 17.1 Å². The van der Waals surface area contributed by atoms with Crippen LogP contribution in [0.5, 0.6) is 0 Å². The molecule has 1 aromatic rings. The van der Waals surface area contributed by atoms with E-state index in [9.17, 15) is 19.8 Å². The van der Waals surface area contributed by atoms with Gasteiger partial charge in [-0.15, -0.1) is 17.0 Å². The van der Waals surface area contributed by atoms with Crippen LogP contribution in [0.4, 0.5) is 5.69 Å². The monoisotopic (exact) mass is 664 g/mol. The first-order valence-electron chi connectivity index (χ1n) is 15.4. The Labute approximate surface area is 263 Å². The van der Waals surface area contributed by atoms with Crippen molar-refractivity contribution in [3.05, 3.63) is 29.8 Å². The fourth-order valence-electron chi connectivity index (χ4n) is 11.6. The minimum Gasteiger partial charge on any atom is -0.454 e. The fourth-order valence-corrected chi connectivity index (χ4v) is 11.6. The van der Waals surface area contributed by atoms with Gasteiger partial charge in [-0.1, -0.05) is 19.1 Å². The minimum absolute atomic E-state index is 0. The first-order chi connectivity index (χ1) is 20.1. The summed E-state index contributed by atoms with van der Waals surface area (Å²) in [5, 5.41) is 28.4. The lowest BCUT2D eigenvalue weighted by molar-refractivity contribution is -0.337. The van der Waals surface area contributed by atoms with Crippen molar-refractivity contribution >= 4 is 34.5 Å². The zero-order valence-electron chi connectivity index (χ0n) is 25.6. The number of likely N-dealkylation sites (N-methyl/N-ethyl adjacent to an activating group) is 1. The van der Waals surface area contributed by atoms with E-state index < -0.39 is 34.3 Å². The minimum atomic E-state index is -1.48. The van der Waals surface area contributed by atoms with Crippen LogP contribution in [0.1, 0.15) is 56.3 Å². The number of likely N-dealkylation sites (tertiary alicyclic amines) is 1. The van der Waals surface area contributed by atoms with Crippen molar-refractivity contribution in [1.82, 2.24) is 4.90 Å². The van der Waals surface area contributed by atoms with E-state index in [1.807, 2.05) is 0 Å². The summed E-state index contributed by atoms with van der Waals surface area (Å²) in [4.78, 5) is 28.3. The molecule has 6 fully saturated rings. The maximum Gasteiger partial charge on any atom is 0.340 e. The number of nitrogens with one attached hydrogen (secondary N) is 1. The van der Waals surface area contributed by atoms with Crippen LogP contribution in [0.2, 0.25) is 0 Å². The zero-order chi connectivity index (χ0) is 29.8. The van der Waals surface area contributed by atoms with Gasteiger partial charge in [-0.05, 0) is 44.4 Å². The first-order valence-corrected chi connectivity index (χ1v) is 15.4. The maximum absolute atomic E-state index is 14.0. The SMILES string of the molecule is Br.CCN1C[C@]2(OC(=O)c3ccccc3NC(C)=O)CC[C@H](OC)[C@]34C1[C@H](C[C@H]23)[C@@]1(O)C[C@H](OC)C2C[C@@H]4[C@]1(O)[C@H]2OC. The number of hydrogen-bond acceptors (Lipinski definition) is 9. The topological polar surface area (TPSA) is 127 Å². The van der Waals surface area contributed by atoms with E-state index >= 15 is 0 Å². The Bertz CT molecular complexity index is 1300. The van der Waals surface area contributed by atoms with Crippen LogP contribution in [0.25, 0.3) is 0 Å². The van der Waals surface area contributed by atoms with Crippen LogP contribution >= 0.6 is 17.0 Å². The summed E-state index contributed by atoms with van der Waals surface area (Å²) < 4.78 is 25.1. The normalized spacial score (nSPS) is 47.0. The number of halogens is 1. The van der Waals surface area contributed by atoms with Crippen LogP contribution < -0.4 is 5.32 Å². The van der Waals surface area contributed by atoms with E-state index in [4.69, 9.17) is 18.9 Å². The highest BCUT2D eigenvalue weighted by atomic mass is 79.9. The summed E-state index contributed by atoms with van der Waals surface area (Å²) in [7, 11) is 5.05. The Morgan fingerprint density at radius 3 is 2.47 bits per heavy atom. The van der Waals surface area contributed by atoms with Crippen molar-refractivity contribution in [2.45, 2.75) is 87.1 Å². The van der Waals surface area contributed by atoms with Gasteiger partial charge in [0.05, 0.1) is 29.6 Å². The first kappa shape index (κ1) is 31.4. The number of piperidine rings is 1. The van der Waals surface area contributed by atoms with Gasteiger partial charge in [-0.2, -0.15) is 0 Å². The Morgan fingerprint density at radius 1 is 1.07 bits per heavy atom. The zero-order valence-corrected chi connectivity index (χ0v) is 27.3. The summed E-state index contributed by atoms with van der Waals surface area (Å²) in [5.41, 5.74) is -3.57. The number of amides is 1. The molecule has 1 spiro atoms. The van der Waals surface area contributed by atoms with E-state index in [0.29, 0.717) is 56.4 Å². The summed E-state index contributed by atoms with van der Waals surface area (Å²) in [6.07, 6.45) is 1.91. The molecule has 1 heterocycles. The molecular weight excluding hydrogens is 620 g/mol. The number of fused-ring (bicyclic) bond motifs is 2. The smallest absolute Gasteiger partial charge is 0.340 e. The molecule has 1 amide bonds. The lowest BCUT2D eigenvalue weighted by Crippen LogP contribution is -2.83. The number of anilines is 1. The molecule has 12 atom stereocenters. The number of ether oxygens (including phenoxy) is 4. The van der Waals surface area contributed by atoms with Gasteiger partial charge in [0.25, 0.3) is 0 Å². The number of methoxy groups -OCH3 is 3. The van der Waals surface area contributed by atoms with Crippen LogP contribution in [-0.4, -0.2) is 103 Å². The Balaban J connectivity index is 0.00000329. The molecule has 1 aromatic carbocycles. The number of hydrogen-bond donors (Lipinski definition) is 3. The van der Waals surface area contributed by atoms with Crippen molar-refractivity contribution in [2.24, 2.45) is 29.1 Å². The summed E-state index contributed by atoms with van der Waals surface area (Å²) in [5.74, 6) is -1.54. The van der Waals surface area contributed by atoms with Crippen LogP contribution in [-0.2, 0) is 23.7 Å². The molecule has 5 aliphatic carbocycles. The number of carbonyl (C=O) groups excluding carboxylic acids is 2. The number of nitrogens with zero attached hydrogens (tertiary/aromatic N) is 1. The Kier molecular flexibility index (Phi) is 7.64. The Hall–Kier alpha value is -1.60. The van der Waals surface area contributed by atoms with Crippen molar-refractivity contribution in [1.29, 1.82) is 0 Å². The van der Waals surface area contributed by atoms with Crippen molar-refractivity contribution in [2.75, 3.05) is 39.7 Å².